The fraction of sp³-hybridized carbons (Fsp3) is 0.286. The van der Waals surface area contributed by atoms with Crippen LogP contribution in [0.1, 0.15) is 6.92 Å². The zero-order valence-corrected chi connectivity index (χ0v) is 5.85. The van der Waals surface area contributed by atoms with Gasteiger partial charge in [0.25, 0.3) is 0 Å². The Hall–Kier alpha value is -1.06. The standard InChI is InChI=1S/C7H7F3O/c1-2-3-6(11)4-5-7(8,9)10/h2-5H,1H3/b3-2+,5-4+. The van der Waals surface area contributed by atoms with Gasteiger partial charge in [-0.3, -0.25) is 4.79 Å². The average Bonchev–Trinajstić information content (AvgIpc) is 1.83. The topological polar surface area (TPSA) is 17.1 Å². The van der Waals surface area contributed by atoms with Gasteiger partial charge in [-0.1, -0.05) is 6.08 Å². The van der Waals surface area contributed by atoms with Gasteiger partial charge in [0.1, 0.15) is 0 Å². The molecule has 0 saturated heterocycles. The Balaban J connectivity index is 4.04. The van der Waals surface area contributed by atoms with Gasteiger partial charge in [-0.05, 0) is 19.1 Å². The highest BCUT2D eigenvalue weighted by Gasteiger charge is 2.21. The lowest BCUT2D eigenvalue weighted by molar-refractivity contribution is -0.111. The van der Waals surface area contributed by atoms with Crippen LogP contribution < -0.4 is 0 Å². The summed E-state index contributed by atoms with van der Waals surface area (Å²) in [4.78, 5) is 10.4. The van der Waals surface area contributed by atoms with Crippen LogP contribution in [-0.4, -0.2) is 12.0 Å². The summed E-state index contributed by atoms with van der Waals surface area (Å²) in [7, 11) is 0. The molecule has 1 nitrogen and oxygen atoms in total. The lowest BCUT2D eigenvalue weighted by Crippen LogP contribution is -2.02. The van der Waals surface area contributed by atoms with Crippen molar-refractivity contribution < 1.29 is 18.0 Å². The molecule has 0 radical (unpaired) electrons. The molecule has 0 aliphatic heterocycles. The molecule has 0 aromatic rings. The van der Waals surface area contributed by atoms with E-state index in [9.17, 15) is 18.0 Å². The van der Waals surface area contributed by atoms with Gasteiger partial charge in [0.05, 0.1) is 0 Å². The van der Waals surface area contributed by atoms with Crippen LogP contribution in [0.15, 0.2) is 24.3 Å². The van der Waals surface area contributed by atoms with Crippen LogP contribution in [0.25, 0.3) is 0 Å². The molecular weight excluding hydrogens is 157 g/mol. The van der Waals surface area contributed by atoms with Gasteiger partial charge >= 0.3 is 6.18 Å². The molecule has 11 heavy (non-hydrogen) atoms. The van der Waals surface area contributed by atoms with Crippen LogP contribution in [-0.2, 0) is 4.79 Å². The van der Waals surface area contributed by atoms with Gasteiger partial charge in [0.2, 0.25) is 0 Å². The summed E-state index contributed by atoms with van der Waals surface area (Å²) in [5, 5.41) is 0. The summed E-state index contributed by atoms with van der Waals surface area (Å²) < 4.78 is 34.2. The minimum absolute atomic E-state index is 0.0880. The van der Waals surface area contributed by atoms with Crippen molar-refractivity contribution in [2.24, 2.45) is 0 Å². The molecular formula is C7H7F3O. The Morgan fingerprint density at radius 2 is 1.82 bits per heavy atom. The Labute approximate surface area is 62.2 Å². The van der Waals surface area contributed by atoms with Gasteiger partial charge in [0, 0.05) is 6.08 Å². The maximum absolute atomic E-state index is 11.4. The average molecular weight is 164 g/mol. The van der Waals surface area contributed by atoms with E-state index in [1.165, 1.54) is 6.08 Å². The molecule has 62 valence electrons. The second kappa shape index (κ2) is 3.95. The minimum Gasteiger partial charge on any atom is -0.290 e. The first-order chi connectivity index (χ1) is 4.95. The normalized spacial score (nSPS) is 13.1. The van der Waals surface area contributed by atoms with Crippen molar-refractivity contribution in [3.05, 3.63) is 24.3 Å². The molecule has 0 saturated carbocycles. The summed E-state index contributed by atoms with van der Waals surface area (Å²) >= 11 is 0. The first kappa shape index (κ1) is 9.94. The third-order valence-corrected chi connectivity index (χ3v) is 0.768. The first-order valence-electron chi connectivity index (χ1n) is 2.88. The van der Waals surface area contributed by atoms with E-state index in [0.717, 1.165) is 6.08 Å². The van der Waals surface area contributed by atoms with E-state index in [-0.39, 0.29) is 6.08 Å². The van der Waals surface area contributed by atoms with E-state index in [2.05, 4.69) is 0 Å². The molecule has 0 N–H and O–H groups in total. The molecule has 4 heteroatoms. The number of ketones is 1. The predicted molar refractivity (Wildman–Crippen MR) is 35.0 cm³/mol. The first-order valence-corrected chi connectivity index (χ1v) is 2.88. The molecule has 0 aromatic heterocycles. The number of carbonyl (C=O) groups excluding carboxylic acids is 1. The summed E-state index contributed by atoms with van der Waals surface area (Å²) in [5.74, 6) is -0.662. The molecule has 0 unspecified atom stereocenters. The molecule has 0 aromatic carbocycles. The number of alkyl halides is 3. The van der Waals surface area contributed by atoms with Crippen LogP contribution in [0.2, 0.25) is 0 Å². The molecule has 0 fully saturated rings. The van der Waals surface area contributed by atoms with Crippen LogP contribution in [0.5, 0.6) is 0 Å². The Morgan fingerprint density at radius 1 is 1.27 bits per heavy atom. The van der Waals surface area contributed by atoms with Crippen molar-refractivity contribution >= 4 is 5.78 Å². The van der Waals surface area contributed by atoms with E-state index < -0.39 is 12.0 Å². The highest BCUT2D eigenvalue weighted by atomic mass is 19.4. The van der Waals surface area contributed by atoms with Gasteiger partial charge in [-0.2, -0.15) is 13.2 Å². The van der Waals surface area contributed by atoms with E-state index in [1.807, 2.05) is 0 Å². The molecule has 0 amide bonds. The molecule has 0 aliphatic carbocycles. The van der Waals surface area contributed by atoms with Gasteiger partial charge < -0.3 is 0 Å². The van der Waals surface area contributed by atoms with Crippen LogP contribution >= 0.6 is 0 Å². The number of carbonyl (C=O) groups is 1. The van der Waals surface area contributed by atoms with E-state index >= 15 is 0 Å². The summed E-state index contributed by atoms with van der Waals surface area (Å²) in [5.41, 5.74) is 0. The van der Waals surface area contributed by atoms with Crippen LogP contribution in [0.4, 0.5) is 13.2 Å². The van der Waals surface area contributed by atoms with Gasteiger partial charge in [-0.15, -0.1) is 0 Å². The monoisotopic (exact) mass is 164 g/mol. The van der Waals surface area contributed by atoms with Crippen LogP contribution in [0.3, 0.4) is 0 Å². The smallest absolute Gasteiger partial charge is 0.290 e. The van der Waals surface area contributed by atoms with E-state index in [1.54, 1.807) is 6.92 Å². The predicted octanol–water partition coefficient (Wildman–Crippen LogP) is 2.25. The number of rotatable bonds is 2. The zero-order chi connectivity index (χ0) is 8.91. The SMILES string of the molecule is C/C=C/C(=O)/C=C/C(F)(F)F. The molecule has 0 aliphatic rings. The number of allylic oxidation sites excluding steroid dienone is 4. The van der Waals surface area contributed by atoms with Crippen molar-refractivity contribution in [3.63, 3.8) is 0 Å². The number of halogens is 3. The van der Waals surface area contributed by atoms with Gasteiger partial charge in [-0.25, -0.2) is 0 Å². The fourth-order valence-corrected chi connectivity index (χ4v) is 0.396. The van der Waals surface area contributed by atoms with Crippen molar-refractivity contribution in [1.29, 1.82) is 0 Å². The quantitative estimate of drug-likeness (QED) is 0.572. The van der Waals surface area contributed by atoms with Gasteiger partial charge in [0.15, 0.2) is 5.78 Å². The minimum atomic E-state index is -4.41. The zero-order valence-electron chi connectivity index (χ0n) is 5.85. The lowest BCUT2D eigenvalue weighted by atomic mass is 10.3. The molecule has 0 spiro atoms. The van der Waals surface area contributed by atoms with Crippen molar-refractivity contribution in [3.8, 4) is 0 Å². The van der Waals surface area contributed by atoms with Crippen LogP contribution in [0, 0.1) is 0 Å². The van der Waals surface area contributed by atoms with E-state index in [4.69, 9.17) is 0 Å². The molecule has 0 heterocycles. The highest BCUT2D eigenvalue weighted by molar-refractivity contribution is 5.99. The number of hydrogen-bond donors (Lipinski definition) is 0. The fourth-order valence-electron chi connectivity index (χ4n) is 0.396. The van der Waals surface area contributed by atoms with Crippen molar-refractivity contribution in [2.45, 2.75) is 13.1 Å². The maximum atomic E-state index is 11.4. The lowest BCUT2D eigenvalue weighted by Gasteiger charge is -1.94. The third-order valence-electron chi connectivity index (χ3n) is 0.768. The Morgan fingerprint density at radius 3 is 2.18 bits per heavy atom. The summed E-state index contributed by atoms with van der Waals surface area (Å²) in [6.45, 7) is 1.55. The Kier molecular flexibility index (Phi) is 3.57. The molecule has 0 bridgehead atoms. The van der Waals surface area contributed by atoms with Crippen molar-refractivity contribution in [1.82, 2.24) is 0 Å². The second-order valence-corrected chi connectivity index (χ2v) is 1.78. The highest BCUT2D eigenvalue weighted by Crippen LogP contribution is 2.15. The van der Waals surface area contributed by atoms with Crippen molar-refractivity contribution in [2.75, 3.05) is 0 Å². The largest absolute Gasteiger partial charge is 0.409 e. The summed E-state index contributed by atoms with van der Waals surface area (Å²) in [6.07, 6.45) is -1.57. The maximum Gasteiger partial charge on any atom is 0.409 e. The Bertz CT molecular complexity index is 188. The molecule has 0 rings (SSSR count). The van der Waals surface area contributed by atoms with E-state index in [0.29, 0.717) is 6.08 Å². The number of hydrogen-bond acceptors (Lipinski definition) is 1. The molecule has 0 atom stereocenters. The second-order valence-electron chi connectivity index (χ2n) is 1.78. The third kappa shape index (κ3) is 6.83. The summed E-state index contributed by atoms with van der Waals surface area (Å²) in [6, 6.07) is 0.